The van der Waals surface area contributed by atoms with Crippen LogP contribution in [-0.2, 0) is 6.61 Å². The lowest BCUT2D eigenvalue weighted by Crippen LogP contribution is -2.41. The average molecular weight is 511 g/mol. The molecule has 1 aromatic heterocycles. The molecular weight excluding hydrogens is 482 g/mol. The molecule has 1 aliphatic heterocycles. The maximum atomic E-state index is 14.8. The Bertz CT molecular complexity index is 1320. The zero-order valence-corrected chi connectivity index (χ0v) is 20.9. The Morgan fingerprint density at radius 1 is 1.22 bits per heavy atom. The minimum Gasteiger partial charge on any atom is -0.494 e. The minimum atomic E-state index is -0.624. The first kappa shape index (κ1) is 25.7. The van der Waals surface area contributed by atoms with Crippen molar-refractivity contribution >= 4 is 23.2 Å². The van der Waals surface area contributed by atoms with Gasteiger partial charge in [0.1, 0.15) is 12.4 Å². The third-order valence-electron chi connectivity index (χ3n) is 5.65. The van der Waals surface area contributed by atoms with Crippen LogP contribution in [0.1, 0.15) is 29.8 Å². The zero-order chi connectivity index (χ0) is 26.5. The van der Waals surface area contributed by atoms with Gasteiger partial charge in [-0.1, -0.05) is 0 Å². The number of halogens is 2. The van der Waals surface area contributed by atoms with Gasteiger partial charge in [0.05, 0.1) is 25.2 Å². The van der Waals surface area contributed by atoms with Crippen molar-refractivity contribution in [2.24, 2.45) is 0 Å². The van der Waals surface area contributed by atoms with Crippen molar-refractivity contribution in [2.45, 2.75) is 26.5 Å². The summed E-state index contributed by atoms with van der Waals surface area (Å²) in [7, 11) is 2.80. The molecule has 37 heavy (non-hydrogen) atoms. The Balaban J connectivity index is 1.41. The summed E-state index contributed by atoms with van der Waals surface area (Å²) < 4.78 is 40.1. The number of hydrogen-bond donors (Lipinski definition) is 3. The second kappa shape index (κ2) is 11.1. The molecule has 0 unspecified atom stereocenters. The number of nitrogens with zero attached hydrogens (tertiary/aromatic N) is 3. The van der Waals surface area contributed by atoms with Crippen LogP contribution in [0.25, 0.3) is 0 Å². The van der Waals surface area contributed by atoms with Gasteiger partial charge in [0.2, 0.25) is 5.95 Å². The number of carbonyl (C=O) groups is 1. The van der Waals surface area contributed by atoms with Crippen molar-refractivity contribution in [2.75, 3.05) is 30.9 Å². The maximum Gasteiger partial charge on any atom is 0.251 e. The molecule has 194 valence electrons. The second-order valence-corrected chi connectivity index (χ2v) is 8.56. The van der Waals surface area contributed by atoms with Crippen LogP contribution < -0.4 is 30.3 Å². The fourth-order valence-corrected chi connectivity index (χ4v) is 3.97. The molecule has 1 amide bonds. The number of benzene rings is 2. The highest BCUT2D eigenvalue weighted by Gasteiger charge is 2.18. The molecule has 0 fully saturated rings. The smallest absolute Gasteiger partial charge is 0.251 e. The van der Waals surface area contributed by atoms with E-state index in [4.69, 9.17) is 9.47 Å². The number of methoxy groups -OCH3 is 1. The molecule has 0 spiro atoms. The van der Waals surface area contributed by atoms with Gasteiger partial charge < -0.3 is 30.3 Å². The predicted octanol–water partition coefficient (Wildman–Crippen LogP) is 4.11. The standard InChI is InChI=1S/C26H28F2N6O3/c1-15-12-34(13-16(2)32-15)22-6-5-19(9-21(22)27)33-26-30-10-20(11-31-26)37-14-18-7-17(25(35)29-3)8-23(36-4)24(18)28/h5-12,16,32H,13-14H2,1-4H3,(H,29,35)(H,30,31,33)/t16-/m0/s1. The Labute approximate surface area is 213 Å². The first-order valence-electron chi connectivity index (χ1n) is 11.6. The van der Waals surface area contributed by atoms with Crippen LogP contribution in [0.4, 0.5) is 26.1 Å². The topological polar surface area (TPSA) is 101 Å². The van der Waals surface area contributed by atoms with Crippen molar-refractivity contribution in [3.05, 3.63) is 77.4 Å². The summed E-state index contributed by atoms with van der Waals surface area (Å²) in [5.74, 6) is -0.921. The molecule has 1 aliphatic rings. The van der Waals surface area contributed by atoms with Crippen LogP contribution in [0, 0.1) is 11.6 Å². The highest BCUT2D eigenvalue weighted by atomic mass is 19.1. The van der Waals surface area contributed by atoms with E-state index in [-0.39, 0.29) is 52.9 Å². The summed E-state index contributed by atoms with van der Waals surface area (Å²) in [5.41, 5.74) is 2.31. The van der Waals surface area contributed by atoms with E-state index >= 15 is 0 Å². The Hall–Kier alpha value is -4.41. The summed E-state index contributed by atoms with van der Waals surface area (Å²) in [6, 6.07) is 7.75. The van der Waals surface area contributed by atoms with Crippen LogP contribution >= 0.6 is 0 Å². The second-order valence-electron chi connectivity index (χ2n) is 8.56. The zero-order valence-electron chi connectivity index (χ0n) is 20.9. The maximum absolute atomic E-state index is 14.8. The third kappa shape index (κ3) is 6.05. The number of aromatic nitrogens is 2. The van der Waals surface area contributed by atoms with Crippen LogP contribution in [0.2, 0.25) is 0 Å². The lowest BCUT2D eigenvalue weighted by atomic mass is 10.1. The van der Waals surface area contributed by atoms with E-state index in [1.54, 1.807) is 12.1 Å². The number of rotatable bonds is 8. The molecule has 3 N–H and O–H groups in total. The molecule has 9 nitrogen and oxygen atoms in total. The fraction of sp³-hybridized carbons (Fsp3) is 0.269. The van der Waals surface area contributed by atoms with Crippen molar-refractivity contribution in [3.63, 3.8) is 0 Å². The Morgan fingerprint density at radius 3 is 2.62 bits per heavy atom. The largest absolute Gasteiger partial charge is 0.494 e. The van der Waals surface area contributed by atoms with Crippen LogP contribution in [-0.4, -0.2) is 42.6 Å². The summed E-state index contributed by atoms with van der Waals surface area (Å²) in [6.45, 7) is 4.46. The van der Waals surface area contributed by atoms with Crippen LogP contribution in [0.3, 0.4) is 0 Å². The summed E-state index contributed by atoms with van der Waals surface area (Å²) in [6.07, 6.45) is 4.70. The molecule has 0 saturated carbocycles. The van der Waals surface area contributed by atoms with Gasteiger partial charge in [0.15, 0.2) is 17.3 Å². The molecule has 0 saturated heterocycles. The number of allylic oxidation sites excluding steroid dienone is 1. The van der Waals surface area contributed by atoms with Gasteiger partial charge in [-0.05, 0) is 44.2 Å². The van der Waals surface area contributed by atoms with E-state index in [2.05, 4.69) is 25.9 Å². The van der Waals surface area contributed by atoms with Crippen molar-refractivity contribution in [1.82, 2.24) is 20.6 Å². The van der Waals surface area contributed by atoms with E-state index in [9.17, 15) is 13.6 Å². The van der Waals surface area contributed by atoms with Crippen molar-refractivity contribution in [3.8, 4) is 11.5 Å². The molecule has 2 heterocycles. The van der Waals surface area contributed by atoms with Crippen molar-refractivity contribution in [1.29, 1.82) is 0 Å². The van der Waals surface area contributed by atoms with E-state index in [1.165, 1.54) is 44.8 Å². The van der Waals surface area contributed by atoms with Crippen molar-refractivity contribution < 1.29 is 23.0 Å². The molecule has 0 bridgehead atoms. The average Bonchev–Trinajstić information content (AvgIpc) is 2.88. The fourth-order valence-electron chi connectivity index (χ4n) is 3.97. The third-order valence-corrected chi connectivity index (χ3v) is 5.65. The summed E-state index contributed by atoms with van der Waals surface area (Å²) in [4.78, 5) is 22.2. The van der Waals surface area contributed by atoms with Gasteiger partial charge >= 0.3 is 0 Å². The molecule has 0 aliphatic carbocycles. The summed E-state index contributed by atoms with van der Waals surface area (Å²) >= 11 is 0. The van der Waals surface area contributed by atoms with E-state index in [0.717, 1.165) is 5.70 Å². The minimum absolute atomic E-state index is 0.0635. The molecule has 2 aromatic carbocycles. The first-order valence-corrected chi connectivity index (χ1v) is 11.6. The molecule has 3 aromatic rings. The quantitative estimate of drug-likeness (QED) is 0.417. The van der Waals surface area contributed by atoms with Crippen LogP contribution in [0.5, 0.6) is 11.5 Å². The normalized spacial score (nSPS) is 14.9. The van der Waals surface area contributed by atoms with Gasteiger partial charge in [-0.25, -0.2) is 18.7 Å². The number of carbonyl (C=O) groups excluding carboxylic acids is 1. The highest BCUT2D eigenvalue weighted by Crippen LogP contribution is 2.27. The Morgan fingerprint density at radius 2 is 1.97 bits per heavy atom. The predicted molar refractivity (Wildman–Crippen MR) is 136 cm³/mol. The number of hydrogen-bond acceptors (Lipinski definition) is 8. The van der Waals surface area contributed by atoms with Gasteiger partial charge in [0, 0.05) is 48.3 Å². The SMILES string of the molecule is CNC(=O)c1cc(COc2cnc(Nc3ccc(N4C=C(C)N[C@@H](C)C4)c(F)c3)nc2)c(F)c(OC)c1. The monoisotopic (exact) mass is 510 g/mol. The van der Waals surface area contributed by atoms with Crippen LogP contribution in [0.15, 0.2) is 54.6 Å². The Kier molecular flexibility index (Phi) is 7.71. The van der Waals surface area contributed by atoms with Gasteiger partial charge in [-0.15, -0.1) is 0 Å². The highest BCUT2D eigenvalue weighted by molar-refractivity contribution is 5.94. The van der Waals surface area contributed by atoms with E-state index in [0.29, 0.717) is 17.9 Å². The first-order chi connectivity index (χ1) is 17.8. The number of amides is 1. The molecule has 4 rings (SSSR count). The number of ether oxygens (including phenoxy) is 2. The lowest BCUT2D eigenvalue weighted by molar-refractivity contribution is 0.0962. The van der Waals surface area contributed by atoms with Gasteiger partial charge in [-0.3, -0.25) is 4.79 Å². The number of nitrogens with one attached hydrogen (secondary N) is 3. The molecule has 0 radical (unpaired) electrons. The molecule has 11 heteroatoms. The molecular formula is C26H28F2N6O3. The van der Waals surface area contributed by atoms with Gasteiger partial charge in [-0.2, -0.15) is 0 Å². The lowest BCUT2D eigenvalue weighted by Gasteiger charge is -2.31. The molecule has 1 atom stereocenters. The number of anilines is 3. The van der Waals surface area contributed by atoms with E-state index < -0.39 is 5.82 Å². The van der Waals surface area contributed by atoms with E-state index in [1.807, 2.05) is 24.9 Å². The summed E-state index contributed by atoms with van der Waals surface area (Å²) in [5, 5.41) is 8.75. The van der Waals surface area contributed by atoms with Gasteiger partial charge in [0.25, 0.3) is 5.91 Å².